The van der Waals surface area contributed by atoms with Crippen LogP contribution in [0.2, 0.25) is 5.02 Å². The van der Waals surface area contributed by atoms with Gasteiger partial charge in [-0.25, -0.2) is 4.68 Å². The number of anilines is 1. The van der Waals surface area contributed by atoms with Crippen molar-refractivity contribution in [1.82, 2.24) is 9.78 Å². The lowest BCUT2D eigenvalue weighted by atomic mass is 10.2. The topological polar surface area (TPSA) is 29.9 Å². The molecule has 0 atom stereocenters. The zero-order valence-electron chi connectivity index (χ0n) is 10.3. The lowest BCUT2D eigenvalue weighted by molar-refractivity contribution is 0.877. The van der Waals surface area contributed by atoms with Gasteiger partial charge in [0, 0.05) is 24.0 Å². The number of aromatic nitrogens is 2. The van der Waals surface area contributed by atoms with Gasteiger partial charge in [0.2, 0.25) is 0 Å². The maximum atomic E-state index is 6.04. The molecule has 2 aromatic rings. The van der Waals surface area contributed by atoms with Crippen LogP contribution in [0.1, 0.15) is 6.42 Å². The summed E-state index contributed by atoms with van der Waals surface area (Å²) in [5, 5.41) is 8.40. The fourth-order valence-electron chi connectivity index (χ4n) is 1.70. The van der Waals surface area contributed by atoms with Crippen molar-refractivity contribution in [2.45, 2.75) is 6.42 Å². The van der Waals surface area contributed by atoms with Crippen molar-refractivity contribution < 1.29 is 0 Å². The molecule has 0 aliphatic rings. The zero-order chi connectivity index (χ0) is 12.8. The molecule has 0 bridgehead atoms. The minimum atomic E-state index is 0.735. The molecule has 1 aromatic carbocycles. The summed E-state index contributed by atoms with van der Waals surface area (Å²) >= 11 is 7.90. The largest absolute Gasteiger partial charge is 0.383 e. The molecular weight excluding hydrogens is 266 g/mol. The van der Waals surface area contributed by atoms with Crippen molar-refractivity contribution >= 4 is 29.1 Å². The van der Waals surface area contributed by atoms with E-state index in [9.17, 15) is 0 Å². The molecule has 0 fully saturated rings. The van der Waals surface area contributed by atoms with Crippen LogP contribution in [0.4, 0.5) is 5.69 Å². The normalized spacial score (nSPS) is 10.6. The van der Waals surface area contributed by atoms with Crippen molar-refractivity contribution in [2.24, 2.45) is 0 Å². The molecule has 0 aliphatic carbocycles. The molecule has 0 saturated carbocycles. The summed E-state index contributed by atoms with van der Waals surface area (Å²) in [4.78, 5) is 0. The van der Waals surface area contributed by atoms with Crippen LogP contribution in [-0.2, 0) is 0 Å². The van der Waals surface area contributed by atoms with Crippen LogP contribution >= 0.6 is 23.4 Å². The highest BCUT2D eigenvalue weighted by Gasteiger charge is 2.05. The molecule has 96 valence electrons. The zero-order valence-corrected chi connectivity index (χ0v) is 11.8. The van der Waals surface area contributed by atoms with Crippen molar-refractivity contribution in [2.75, 3.05) is 23.9 Å². The second-order valence-electron chi connectivity index (χ2n) is 3.89. The Hall–Kier alpha value is -1.13. The Balaban J connectivity index is 2.14. The van der Waals surface area contributed by atoms with Crippen molar-refractivity contribution in [3.05, 3.63) is 41.7 Å². The fourth-order valence-corrected chi connectivity index (χ4v) is 2.31. The molecule has 1 aromatic heterocycles. The molecule has 1 heterocycles. The average Bonchev–Trinajstić information content (AvgIpc) is 2.88. The van der Waals surface area contributed by atoms with Crippen molar-refractivity contribution in [1.29, 1.82) is 0 Å². The third kappa shape index (κ3) is 3.43. The van der Waals surface area contributed by atoms with Gasteiger partial charge in [-0.2, -0.15) is 16.9 Å². The van der Waals surface area contributed by atoms with Gasteiger partial charge in [0.25, 0.3) is 0 Å². The number of benzene rings is 1. The summed E-state index contributed by atoms with van der Waals surface area (Å²) in [6, 6.07) is 7.71. The number of hydrogen-bond donors (Lipinski definition) is 1. The van der Waals surface area contributed by atoms with E-state index < -0.39 is 0 Å². The van der Waals surface area contributed by atoms with Crippen LogP contribution < -0.4 is 5.32 Å². The molecule has 0 unspecified atom stereocenters. The molecule has 0 spiro atoms. The number of nitrogens with one attached hydrogen (secondary N) is 1. The van der Waals surface area contributed by atoms with E-state index in [1.54, 1.807) is 6.20 Å². The molecule has 5 heteroatoms. The standard InChI is InChI=1S/C13H16ClN3S/c1-18-9-3-6-15-12-10-11(14)4-5-13(12)17-8-2-7-16-17/h2,4-5,7-8,10,15H,3,6,9H2,1H3. The van der Waals surface area contributed by atoms with Gasteiger partial charge in [0.1, 0.15) is 0 Å². The second-order valence-corrected chi connectivity index (χ2v) is 5.31. The highest BCUT2D eigenvalue weighted by Crippen LogP contribution is 2.24. The van der Waals surface area contributed by atoms with Gasteiger partial charge in [-0.3, -0.25) is 0 Å². The summed E-state index contributed by atoms with van der Waals surface area (Å²) in [5.41, 5.74) is 2.04. The summed E-state index contributed by atoms with van der Waals surface area (Å²) in [6.45, 7) is 0.940. The first-order valence-corrected chi connectivity index (χ1v) is 7.61. The minimum Gasteiger partial charge on any atom is -0.383 e. The third-order valence-corrected chi connectivity index (χ3v) is 3.48. The Kier molecular flexibility index (Phi) is 4.96. The van der Waals surface area contributed by atoms with Gasteiger partial charge >= 0.3 is 0 Å². The van der Waals surface area contributed by atoms with Crippen LogP contribution in [0.25, 0.3) is 5.69 Å². The molecule has 3 nitrogen and oxygen atoms in total. The number of rotatable bonds is 6. The Morgan fingerprint density at radius 1 is 1.44 bits per heavy atom. The highest BCUT2D eigenvalue weighted by atomic mass is 35.5. The van der Waals surface area contributed by atoms with Crippen LogP contribution in [0, 0.1) is 0 Å². The Morgan fingerprint density at radius 3 is 3.06 bits per heavy atom. The molecule has 0 saturated heterocycles. The quantitative estimate of drug-likeness (QED) is 0.819. The van der Waals surface area contributed by atoms with E-state index in [-0.39, 0.29) is 0 Å². The van der Waals surface area contributed by atoms with E-state index in [2.05, 4.69) is 16.7 Å². The minimum absolute atomic E-state index is 0.735. The van der Waals surface area contributed by atoms with Crippen LogP contribution in [0.5, 0.6) is 0 Å². The maximum absolute atomic E-state index is 6.04. The van der Waals surface area contributed by atoms with Crippen LogP contribution in [0.3, 0.4) is 0 Å². The summed E-state index contributed by atoms with van der Waals surface area (Å²) in [7, 11) is 0. The van der Waals surface area contributed by atoms with E-state index in [1.807, 2.05) is 46.9 Å². The van der Waals surface area contributed by atoms with Crippen molar-refractivity contribution in [3.63, 3.8) is 0 Å². The van der Waals surface area contributed by atoms with E-state index >= 15 is 0 Å². The van der Waals surface area contributed by atoms with E-state index in [0.717, 1.165) is 35.1 Å². The summed E-state index contributed by atoms with van der Waals surface area (Å²) in [5.74, 6) is 1.16. The highest BCUT2D eigenvalue weighted by molar-refractivity contribution is 7.98. The van der Waals surface area contributed by atoms with E-state index in [0.29, 0.717) is 0 Å². The number of nitrogens with zero attached hydrogens (tertiary/aromatic N) is 2. The number of hydrogen-bond acceptors (Lipinski definition) is 3. The smallest absolute Gasteiger partial charge is 0.0877 e. The molecule has 0 radical (unpaired) electrons. The van der Waals surface area contributed by atoms with E-state index in [1.165, 1.54) is 0 Å². The Labute approximate surface area is 117 Å². The molecule has 0 amide bonds. The van der Waals surface area contributed by atoms with Crippen LogP contribution in [0.15, 0.2) is 36.7 Å². The summed E-state index contributed by atoms with van der Waals surface area (Å²) < 4.78 is 1.84. The molecular formula is C13H16ClN3S. The average molecular weight is 282 g/mol. The second kappa shape index (κ2) is 6.71. The van der Waals surface area contributed by atoms with Gasteiger partial charge < -0.3 is 5.32 Å². The van der Waals surface area contributed by atoms with Crippen LogP contribution in [-0.4, -0.2) is 28.3 Å². The van der Waals surface area contributed by atoms with Crippen molar-refractivity contribution in [3.8, 4) is 5.69 Å². The number of thioether (sulfide) groups is 1. The fraction of sp³-hybridized carbons (Fsp3) is 0.308. The first-order chi connectivity index (χ1) is 8.81. The molecule has 1 N–H and O–H groups in total. The Bertz CT molecular complexity index is 485. The third-order valence-electron chi connectivity index (χ3n) is 2.55. The predicted molar refractivity (Wildman–Crippen MR) is 80.1 cm³/mol. The van der Waals surface area contributed by atoms with Gasteiger partial charge in [-0.1, -0.05) is 11.6 Å². The first-order valence-electron chi connectivity index (χ1n) is 5.83. The first kappa shape index (κ1) is 13.3. The molecule has 2 rings (SSSR count). The van der Waals surface area contributed by atoms with Gasteiger partial charge in [-0.05, 0) is 42.7 Å². The monoisotopic (exact) mass is 281 g/mol. The summed E-state index contributed by atoms with van der Waals surface area (Å²) in [6.07, 6.45) is 6.95. The maximum Gasteiger partial charge on any atom is 0.0877 e. The lowest BCUT2D eigenvalue weighted by Gasteiger charge is -2.12. The lowest BCUT2D eigenvalue weighted by Crippen LogP contribution is -2.07. The Morgan fingerprint density at radius 2 is 2.33 bits per heavy atom. The van der Waals surface area contributed by atoms with Gasteiger partial charge in [0.15, 0.2) is 0 Å². The van der Waals surface area contributed by atoms with Gasteiger partial charge in [0.05, 0.1) is 11.4 Å². The SMILES string of the molecule is CSCCCNc1cc(Cl)ccc1-n1cccn1. The van der Waals surface area contributed by atoms with E-state index in [4.69, 9.17) is 11.6 Å². The molecule has 18 heavy (non-hydrogen) atoms. The predicted octanol–water partition coefficient (Wildman–Crippen LogP) is 3.69. The molecule has 0 aliphatic heterocycles. The number of halogens is 1. The van der Waals surface area contributed by atoms with Gasteiger partial charge in [-0.15, -0.1) is 0 Å².